The minimum Gasteiger partial charge on any atom is -0.325 e. The number of fused-ring (bicyclic) bond motifs is 1. The van der Waals surface area contributed by atoms with Gasteiger partial charge < -0.3 is 5.32 Å². The van der Waals surface area contributed by atoms with Gasteiger partial charge in [-0.05, 0) is 35.3 Å². The Hall–Kier alpha value is -2.46. The zero-order chi connectivity index (χ0) is 18.2. The highest BCUT2D eigenvalue weighted by Crippen LogP contribution is 2.38. The first-order chi connectivity index (χ1) is 11.8. The highest BCUT2D eigenvalue weighted by molar-refractivity contribution is 6.34. The van der Waals surface area contributed by atoms with E-state index in [1.54, 1.807) is 42.5 Å². The van der Waals surface area contributed by atoms with E-state index in [2.05, 4.69) is 31.1 Å². The molecule has 1 atom stereocenters. The topological polar surface area (TPSA) is 58.5 Å². The molecule has 0 saturated heterocycles. The number of allylic oxidation sites excluding steroid dienone is 3. The fraction of sp³-hybridized carbons (Fsp3) is 0.250. The molecule has 1 aromatic carbocycles. The van der Waals surface area contributed by atoms with Crippen molar-refractivity contribution in [2.75, 3.05) is 0 Å². The summed E-state index contributed by atoms with van der Waals surface area (Å²) < 4.78 is 0. The van der Waals surface area contributed by atoms with E-state index in [0.29, 0.717) is 16.3 Å². The number of hydrogen-bond donors (Lipinski definition) is 1. The fourth-order valence-corrected chi connectivity index (χ4v) is 3.17. The Morgan fingerprint density at radius 1 is 1.20 bits per heavy atom. The number of carbonyl (C=O) groups excluding carboxylic acids is 2. The summed E-state index contributed by atoms with van der Waals surface area (Å²) >= 11 is 6.05. The second kappa shape index (κ2) is 6.45. The molecule has 0 bridgehead atoms. The minimum atomic E-state index is -0.408. The largest absolute Gasteiger partial charge is 0.325 e. The zero-order valence-electron chi connectivity index (χ0n) is 14.3. The lowest BCUT2D eigenvalue weighted by molar-refractivity contribution is -0.116. The van der Waals surface area contributed by atoms with Crippen LogP contribution in [-0.2, 0) is 4.79 Å². The molecule has 0 spiro atoms. The second-order valence-corrected chi connectivity index (χ2v) is 7.50. The van der Waals surface area contributed by atoms with Gasteiger partial charge in [0.1, 0.15) is 0 Å². The number of carbonyl (C=O) groups is 2. The average Bonchev–Trinajstić information content (AvgIpc) is 2.53. The minimum absolute atomic E-state index is 0.00735. The molecule has 5 heteroatoms. The number of nitrogens with zero attached hydrogens (tertiary/aromatic N) is 1. The normalized spacial score (nSPS) is 21.4. The molecule has 1 unspecified atom stereocenters. The second-order valence-electron chi connectivity index (χ2n) is 7.10. The van der Waals surface area contributed by atoms with Gasteiger partial charge in [-0.15, -0.1) is 0 Å². The van der Waals surface area contributed by atoms with Gasteiger partial charge in [0.05, 0.1) is 16.3 Å². The molecular formula is C20H19ClN2O2. The van der Waals surface area contributed by atoms with Gasteiger partial charge in [-0.1, -0.05) is 50.6 Å². The van der Waals surface area contributed by atoms with E-state index in [0.717, 1.165) is 11.3 Å². The van der Waals surface area contributed by atoms with Crippen molar-refractivity contribution in [3.05, 3.63) is 70.4 Å². The van der Waals surface area contributed by atoms with Gasteiger partial charge in [-0.3, -0.25) is 9.59 Å². The molecule has 1 aliphatic heterocycles. The van der Waals surface area contributed by atoms with Crippen LogP contribution in [0, 0.1) is 11.3 Å². The SMILES string of the molecule is CC(C)(C)C1=CC(=O)NC2=CC(=NC(=O)c3ccccc3Cl)C=CC21. The number of halogens is 1. The first-order valence-electron chi connectivity index (χ1n) is 8.06. The van der Waals surface area contributed by atoms with Crippen molar-refractivity contribution in [2.45, 2.75) is 20.8 Å². The van der Waals surface area contributed by atoms with Crippen LogP contribution in [0.3, 0.4) is 0 Å². The summed E-state index contributed by atoms with van der Waals surface area (Å²) in [5, 5.41) is 3.22. The molecular weight excluding hydrogens is 336 g/mol. The third-order valence-corrected chi connectivity index (χ3v) is 4.52. The molecule has 1 aliphatic carbocycles. The van der Waals surface area contributed by atoms with E-state index in [1.807, 2.05) is 6.08 Å². The first-order valence-corrected chi connectivity index (χ1v) is 8.44. The smallest absolute Gasteiger partial charge is 0.279 e. The molecule has 0 saturated carbocycles. The molecule has 2 aliphatic rings. The van der Waals surface area contributed by atoms with Crippen LogP contribution >= 0.6 is 11.6 Å². The molecule has 1 heterocycles. The summed E-state index contributed by atoms with van der Waals surface area (Å²) in [6.07, 6.45) is 7.17. The molecule has 0 aromatic heterocycles. The Morgan fingerprint density at radius 2 is 1.92 bits per heavy atom. The molecule has 2 amide bonds. The van der Waals surface area contributed by atoms with E-state index < -0.39 is 5.91 Å². The van der Waals surface area contributed by atoms with Crippen molar-refractivity contribution in [3.63, 3.8) is 0 Å². The predicted molar refractivity (Wildman–Crippen MR) is 99.6 cm³/mol. The molecule has 1 aromatic rings. The summed E-state index contributed by atoms with van der Waals surface area (Å²) in [6, 6.07) is 6.80. The van der Waals surface area contributed by atoms with Crippen LogP contribution in [0.15, 0.2) is 64.8 Å². The standard InChI is InChI=1S/C20H19ClN2O2/c1-20(2,3)15-11-18(24)23-17-10-12(8-9-13(15)17)22-19(25)14-6-4-5-7-16(14)21/h4-11,13H,1-3H3,(H,23,24). The number of aliphatic imine (C=N–C) groups is 1. The van der Waals surface area contributed by atoms with E-state index in [1.165, 1.54) is 0 Å². The summed E-state index contributed by atoms with van der Waals surface area (Å²) in [5.41, 5.74) is 2.49. The fourth-order valence-electron chi connectivity index (χ4n) is 2.95. The molecule has 0 fully saturated rings. The summed E-state index contributed by atoms with van der Waals surface area (Å²) in [4.78, 5) is 28.5. The lowest BCUT2D eigenvalue weighted by Gasteiger charge is -2.34. The highest BCUT2D eigenvalue weighted by Gasteiger charge is 2.32. The maximum atomic E-state index is 12.3. The Labute approximate surface area is 152 Å². The number of rotatable bonds is 1. The van der Waals surface area contributed by atoms with Crippen molar-refractivity contribution >= 4 is 29.1 Å². The number of nitrogens with one attached hydrogen (secondary N) is 1. The quantitative estimate of drug-likeness (QED) is 0.825. The van der Waals surface area contributed by atoms with Crippen LogP contribution in [0.2, 0.25) is 5.02 Å². The lowest BCUT2D eigenvalue weighted by Crippen LogP contribution is -2.36. The van der Waals surface area contributed by atoms with Gasteiger partial charge in [0.25, 0.3) is 5.91 Å². The molecule has 3 rings (SSSR count). The van der Waals surface area contributed by atoms with Gasteiger partial charge in [0.15, 0.2) is 0 Å². The number of benzene rings is 1. The molecule has 25 heavy (non-hydrogen) atoms. The maximum Gasteiger partial charge on any atom is 0.279 e. The lowest BCUT2D eigenvalue weighted by atomic mass is 9.74. The van der Waals surface area contributed by atoms with Gasteiger partial charge in [-0.25, -0.2) is 4.99 Å². The van der Waals surface area contributed by atoms with Crippen LogP contribution in [0.1, 0.15) is 31.1 Å². The Kier molecular flexibility index (Phi) is 4.48. The van der Waals surface area contributed by atoms with Crippen LogP contribution < -0.4 is 5.32 Å². The average molecular weight is 355 g/mol. The van der Waals surface area contributed by atoms with Crippen molar-refractivity contribution in [2.24, 2.45) is 16.3 Å². The maximum absolute atomic E-state index is 12.3. The first kappa shape index (κ1) is 17.4. The van der Waals surface area contributed by atoms with Crippen molar-refractivity contribution in [1.82, 2.24) is 5.32 Å². The molecule has 128 valence electrons. The summed E-state index contributed by atoms with van der Waals surface area (Å²) in [6.45, 7) is 6.23. The van der Waals surface area contributed by atoms with E-state index in [4.69, 9.17) is 11.6 Å². The van der Waals surface area contributed by atoms with E-state index >= 15 is 0 Å². The summed E-state index contributed by atoms with van der Waals surface area (Å²) in [7, 11) is 0. The Balaban J connectivity index is 1.92. The van der Waals surface area contributed by atoms with Crippen LogP contribution in [-0.4, -0.2) is 17.5 Å². The molecule has 0 radical (unpaired) electrons. The van der Waals surface area contributed by atoms with Crippen molar-refractivity contribution in [3.8, 4) is 0 Å². The molecule has 1 N–H and O–H groups in total. The van der Waals surface area contributed by atoms with Gasteiger partial charge in [0, 0.05) is 17.7 Å². The van der Waals surface area contributed by atoms with Crippen molar-refractivity contribution in [1.29, 1.82) is 0 Å². The monoisotopic (exact) mass is 354 g/mol. The van der Waals surface area contributed by atoms with Gasteiger partial charge in [0.2, 0.25) is 5.91 Å². The zero-order valence-corrected chi connectivity index (χ0v) is 15.1. The Bertz CT molecular complexity index is 870. The van der Waals surface area contributed by atoms with Crippen molar-refractivity contribution < 1.29 is 9.59 Å². The summed E-state index contributed by atoms with van der Waals surface area (Å²) in [5.74, 6) is -0.569. The van der Waals surface area contributed by atoms with Crippen LogP contribution in [0.25, 0.3) is 0 Å². The highest BCUT2D eigenvalue weighted by atomic mass is 35.5. The van der Waals surface area contributed by atoms with Gasteiger partial charge in [-0.2, -0.15) is 0 Å². The third-order valence-electron chi connectivity index (χ3n) is 4.19. The third kappa shape index (κ3) is 3.64. The van der Waals surface area contributed by atoms with Crippen LogP contribution in [0.5, 0.6) is 0 Å². The van der Waals surface area contributed by atoms with Gasteiger partial charge >= 0.3 is 0 Å². The van der Waals surface area contributed by atoms with Crippen LogP contribution in [0.4, 0.5) is 0 Å². The predicted octanol–water partition coefficient (Wildman–Crippen LogP) is 4.09. The molecule has 4 nitrogen and oxygen atoms in total. The van der Waals surface area contributed by atoms with E-state index in [9.17, 15) is 9.59 Å². The number of hydrogen-bond acceptors (Lipinski definition) is 2. The Morgan fingerprint density at radius 3 is 2.60 bits per heavy atom. The van der Waals surface area contributed by atoms with E-state index in [-0.39, 0.29) is 17.2 Å². The number of amides is 2.